The standard InChI is InChI=1S/C16H20ClN3O/c1-11(2)20-16(21)15(17)14(10-19-20)18-8-7-13-6-4-5-12(3)9-13/h4-6,9-11,18H,7-8H2,1-3H3. The zero-order chi connectivity index (χ0) is 15.4. The van der Waals surface area contributed by atoms with Crippen LogP contribution >= 0.6 is 11.6 Å². The Bertz CT molecular complexity index is 679. The summed E-state index contributed by atoms with van der Waals surface area (Å²) in [6, 6.07) is 8.35. The van der Waals surface area contributed by atoms with Crippen LogP contribution in [0.1, 0.15) is 31.0 Å². The van der Waals surface area contributed by atoms with Crippen molar-refractivity contribution in [2.45, 2.75) is 33.2 Å². The fourth-order valence-corrected chi connectivity index (χ4v) is 2.35. The molecule has 0 unspecified atom stereocenters. The van der Waals surface area contributed by atoms with Gasteiger partial charge >= 0.3 is 0 Å². The molecule has 112 valence electrons. The van der Waals surface area contributed by atoms with Crippen molar-refractivity contribution in [2.75, 3.05) is 11.9 Å². The molecule has 0 amide bonds. The fourth-order valence-electron chi connectivity index (χ4n) is 2.15. The highest BCUT2D eigenvalue weighted by atomic mass is 35.5. The lowest BCUT2D eigenvalue weighted by atomic mass is 10.1. The van der Waals surface area contributed by atoms with Crippen molar-refractivity contribution >= 4 is 17.3 Å². The molecule has 0 spiro atoms. The summed E-state index contributed by atoms with van der Waals surface area (Å²) in [5.41, 5.74) is 2.83. The van der Waals surface area contributed by atoms with Gasteiger partial charge in [-0.2, -0.15) is 5.10 Å². The van der Waals surface area contributed by atoms with Gasteiger partial charge in [0.2, 0.25) is 0 Å². The first-order valence-corrected chi connectivity index (χ1v) is 7.43. The summed E-state index contributed by atoms with van der Waals surface area (Å²) >= 11 is 6.11. The second kappa shape index (κ2) is 6.76. The molecule has 1 aromatic carbocycles. The van der Waals surface area contributed by atoms with E-state index in [0.717, 1.165) is 6.42 Å². The maximum Gasteiger partial charge on any atom is 0.287 e. The SMILES string of the molecule is Cc1cccc(CCNc2cnn(C(C)C)c(=O)c2Cl)c1. The molecule has 5 heteroatoms. The van der Waals surface area contributed by atoms with Gasteiger partial charge in [0, 0.05) is 6.54 Å². The van der Waals surface area contributed by atoms with Crippen LogP contribution in [0, 0.1) is 6.92 Å². The molecular weight excluding hydrogens is 286 g/mol. The van der Waals surface area contributed by atoms with E-state index in [9.17, 15) is 4.79 Å². The Morgan fingerprint density at radius 2 is 2.14 bits per heavy atom. The molecule has 1 aromatic heterocycles. The number of halogens is 1. The average Bonchev–Trinajstić information content (AvgIpc) is 2.43. The van der Waals surface area contributed by atoms with Gasteiger partial charge in [-0.1, -0.05) is 41.4 Å². The topological polar surface area (TPSA) is 46.9 Å². The number of anilines is 1. The molecule has 1 N–H and O–H groups in total. The second-order valence-electron chi connectivity index (χ2n) is 5.38. The molecule has 0 radical (unpaired) electrons. The number of nitrogens with one attached hydrogen (secondary N) is 1. The highest BCUT2D eigenvalue weighted by molar-refractivity contribution is 6.32. The summed E-state index contributed by atoms with van der Waals surface area (Å²) in [7, 11) is 0. The van der Waals surface area contributed by atoms with Crippen molar-refractivity contribution in [1.82, 2.24) is 9.78 Å². The Labute approximate surface area is 129 Å². The smallest absolute Gasteiger partial charge is 0.287 e. The van der Waals surface area contributed by atoms with Gasteiger partial charge in [0.15, 0.2) is 0 Å². The van der Waals surface area contributed by atoms with E-state index >= 15 is 0 Å². The number of aromatic nitrogens is 2. The van der Waals surface area contributed by atoms with Crippen molar-refractivity contribution in [1.29, 1.82) is 0 Å². The third-order valence-electron chi connectivity index (χ3n) is 3.24. The van der Waals surface area contributed by atoms with Crippen LogP contribution in [0.25, 0.3) is 0 Å². The first-order chi connectivity index (χ1) is 9.99. The molecule has 0 fully saturated rings. The van der Waals surface area contributed by atoms with Crippen molar-refractivity contribution < 1.29 is 0 Å². The number of nitrogens with zero attached hydrogens (tertiary/aromatic N) is 2. The lowest BCUT2D eigenvalue weighted by Gasteiger charge is -2.12. The van der Waals surface area contributed by atoms with Gasteiger partial charge in [-0.25, -0.2) is 4.68 Å². The maximum absolute atomic E-state index is 12.0. The Hall–Kier alpha value is -1.81. The lowest BCUT2D eigenvalue weighted by molar-refractivity contribution is 0.503. The lowest BCUT2D eigenvalue weighted by Crippen LogP contribution is -2.26. The third-order valence-corrected chi connectivity index (χ3v) is 3.61. The van der Waals surface area contributed by atoms with Gasteiger partial charge in [-0.05, 0) is 32.8 Å². The van der Waals surface area contributed by atoms with Crippen LogP contribution in [0.2, 0.25) is 5.02 Å². The van der Waals surface area contributed by atoms with Crippen molar-refractivity contribution in [3.05, 3.63) is 57.0 Å². The number of hydrogen-bond acceptors (Lipinski definition) is 3. The fraction of sp³-hybridized carbons (Fsp3) is 0.375. The van der Waals surface area contributed by atoms with E-state index in [1.807, 2.05) is 19.9 Å². The monoisotopic (exact) mass is 305 g/mol. The van der Waals surface area contributed by atoms with Crippen LogP contribution < -0.4 is 10.9 Å². The first-order valence-electron chi connectivity index (χ1n) is 7.05. The summed E-state index contributed by atoms with van der Waals surface area (Å²) < 4.78 is 1.38. The minimum atomic E-state index is -0.257. The molecule has 0 aliphatic heterocycles. The van der Waals surface area contributed by atoms with E-state index < -0.39 is 0 Å². The molecule has 2 rings (SSSR count). The van der Waals surface area contributed by atoms with Gasteiger partial charge in [0.1, 0.15) is 5.02 Å². The van der Waals surface area contributed by atoms with E-state index in [4.69, 9.17) is 11.6 Å². The highest BCUT2D eigenvalue weighted by Crippen LogP contribution is 2.16. The van der Waals surface area contributed by atoms with Gasteiger partial charge < -0.3 is 5.32 Å². The third kappa shape index (κ3) is 3.85. The van der Waals surface area contributed by atoms with Crippen LogP contribution in [0.4, 0.5) is 5.69 Å². The maximum atomic E-state index is 12.0. The molecule has 2 aromatic rings. The molecule has 0 aliphatic rings. The van der Waals surface area contributed by atoms with Gasteiger partial charge in [-0.3, -0.25) is 4.79 Å². The number of hydrogen-bond donors (Lipinski definition) is 1. The Kier molecular flexibility index (Phi) is 5.02. The predicted octanol–water partition coefficient (Wildman–Crippen LogP) is 3.44. The van der Waals surface area contributed by atoms with Crippen LogP contribution in [-0.4, -0.2) is 16.3 Å². The van der Waals surface area contributed by atoms with Crippen molar-refractivity contribution in [3.63, 3.8) is 0 Å². The normalized spacial score (nSPS) is 10.9. The zero-order valence-corrected chi connectivity index (χ0v) is 13.3. The van der Waals surface area contributed by atoms with E-state index in [2.05, 4.69) is 35.5 Å². The minimum absolute atomic E-state index is 0.00339. The van der Waals surface area contributed by atoms with E-state index in [1.165, 1.54) is 15.8 Å². The first kappa shape index (κ1) is 15.6. The summed E-state index contributed by atoms with van der Waals surface area (Å²) in [5.74, 6) is 0. The summed E-state index contributed by atoms with van der Waals surface area (Å²) in [4.78, 5) is 12.0. The van der Waals surface area contributed by atoms with Crippen molar-refractivity contribution in [3.8, 4) is 0 Å². The Morgan fingerprint density at radius 1 is 1.38 bits per heavy atom. The minimum Gasteiger partial charge on any atom is -0.382 e. The van der Waals surface area contributed by atoms with Gasteiger partial charge in [0.25, 0.3) is 5.56 Å². The number of rotatable bonds is 5. The van der Waals surface area contributed by atoms with Gasteiger partial charge in [0.05, 0.1) is 17.9 Å². The number of aryl methyl sites for hydroxylation is 1. The summed E-state index contributed by atoms with van der Waals surface area (Å²) in [6.07, 6.45) is 2.48. The van der Waals surface area contributed by atoms with Crippen LogP contribution in [0.5, 0.6) is 0 Å². The van der Waals surface area contributed by atoms with E-state index in [0.29, 0.717) is 12.2 Å². The molecule has 0 bridgehead atoms. The van der Waals surface area contributed by atoms with Crippen LogP contribution in [-0.2, 0) is 6.42 Å². The molecule has 0 saturated heterocycles. The van der Waals surface area contributed by atoms with Crippen molar-refractivity contribution in [2.24, 2.45) is 0 Å². The molecule has 0 atom stereocenters. The molecular formula is C16H20ClN3O. The molecule has 21 heavy (non-hydrogen) atoms. The predicted molar refractivity (Wildman–Crippen MR) is 87.3 cm³/mol. The molecule has 0 saturated carbocycles. The van der Waals surface area contributed by atoms with Crippen LogP contribution in [0.3, 0.4) is 0 Å². The molecule has 1 heterocycles. The van der Waals surface area contributed by atoms with E-state index in [-0.39, 0.29) is 16.6 Å². The summed E-state index contributed by atoms with van der Waals surface area (Å²) in [6.45, 7) is 6.57. The number of benzene rings is 1. The molecule has 0 aliphatic carbocycles. The van der Waals surface area contributed by atoms with Crippen LogP contribution in [0.15, 0.2) is 35.3 Å². The average molecular weight is 306 g/mol. The van der Waals surface area contributed by atoms with E-state index in [1.54, 1.807) is 6.20 Å². The quantitative estimate of drug-likeness (QED) is 0.920. The second-order valence-corrected chi connectivity index (χ2v) is 5.76. The zero-order valence-electron chi connectivity index (χ0n) is 12.6. The largest absolute Gasteiger partial charge is 0.382 e. The Balaban J connectivity index is 2.04. The molecule has 4 nitrogen and oxygen atoms in total. The highest BCUT2D eigenvalue weighted by Gasteiger charge is 2.10. The van der Waals surface area contributed by atoms with Gasteiger partial charge in [-0.15, -0.1) is 0 Å². The Morgan fingerprint density at radius 3 is 2.81 bits per heavy atom. The summed E-state index contributed by atoms with van der Waals surface area (Å²) in [5, 5.41) is 7.51.